The molecule has 0 bridgehead atoms. The zero-order valence-electron chi connectivity index (χ0n) is 11.9. The molecule has 104 valence electrons. The molecular formula is C16H24N2S. The number of aryl methyl sites for hydroxylation is 1. The van der Waals surface area contributed by atoms with Crippen molar-refractivity contribution in [2.24, 2.45) is 5.92 Å². The van der Waals surface area contributed by atoms with Crippen LogP contribution in [0.15, 0.2) is 24.3 Å². The van der Waals surface area contributed by atoms with E-state index < -0.39 is 0 Å². The summed E-state index contributed by atoms with van der Waals surface area (Å²) in [7, 11) is 0. The highest BCUT2D eigenvalue weighted by Crippen LogP contribution is 2.23. The molecule has 0 amide bonds. The van der Waals surface area contributed by atoms with E-state index in [9.17, 15) is 0 Å². The SMILES string of the molecule is CCc1ccc(NC(=S)NC2CCCCC2C)cc1. The van der Waals surface area contributed by atoms with Gasteiger partial charge in [0.15, 0.2) is 5.11 Å². The van der Waals surface area contributed by atoms with E-state index in [0.29, 0.717) is 6.04 Å². The molecule has 1 saturated carbocycles. The summed E-state index contributed by atoms with van der Waals surface area (Å²) >= 11 is 5.41. The van der Waals surface area contributed by atoms with Gasteiger partial charge in [0.05, 0.1) is 0 Å². The molecule has 1 aromatic rings. The topological polar surface area (TPSA) is 24.1 Å². The van der Waals surface area contributed by atoms with Crippen molar-refractivity contribution in [3.05, 3.63) is 29.8 Å². The van der Waals surface area contributed by atoms with Gasteiger partial charge < -0.3 is 10.6 Å². The summed E-state index contributed by atoms with van der Waals surface area (Å²) in [5.41, 5.74) is 2.42. The Bertz CT molecular complexity index is 413. The molecule has 0 aromatic heterocycles. The highest BCUT2D eigenvalue weighted by atomic mass is 32.1. The van der Waals surface area contributed by atoms with E-state index in [1.54, 1.807) is 0 Å². The van der Waals surface area contributed by atoms with Crippen LogP contribution < -0.4 is 10.6 Å². The molecule has 1 aliphatic carbocycles. The number of hydrogen-bond donors (Lipinski definition) is 2. The van der Waals surface area contributed by atoms with Crippen molar-refractivity contribution in [1.82, 2.24) is 5.32 Å². The molecule has 2 rings (SSSR count). The maximum atomic E-state index is 5.41. The second-order valence-electron chi connectivity index (χ2n) is 5.52. The van der Waals surface area contributed by atoms with Crippen LogP contribution in [0, 0.1) is 5.92 Å². The summed E-state index contributed by atoms with van der Waals surface area (Å²) in [6.45, 7) is 4.48. The largest absolute Gasteiger partial charge is 0.359 e. The number of benzene rings is 1. The van der Waals surface area contributed by atoms with Gasteiger partial charge in [-0.15, -0.1) is 0 Å². The van der Waals surface area contributed by atoms with Crippen molar-refractivity contribution in [2.45, 2.75) is 52.0 Å². The molecule has 2 nitrogen and oxygen atoms in total. The molecule has 19 heavy (non-hydrogen) atoms. The lowest BCUT2D eigenvalue weighted by molar-refractivity contribution is 0.309. The van der Waals surface area contributed by atoms with Crippen molar-refractivity contribution in [1.29, 1.82) is 0 Å². The van der Waals surface area contributed by atoms with E-state index in [0.717, 1.165) is 23.1 Å². The molecule has 1 aliphatic rings. The highest BCUT2D eigenvalue weighted by Gasteiger charge is 2.21. The Hall–Kier alpha value is -1.09. The molecule has 0 spiro atoms. The average molecular weight is 276 g/mol. The maximum absolute atomic E-state index is 5.41. The van der Waals surface area contributed by atoms with Crippen LogP contribution in [0.3, 0.4) is 0 Å². The molecule has 2 atom stereocenters. The van der Waals surface area contributed by atoms with Crippen molar-refractivity contribution in [3.63, 3.8) is 0 Å². The zero-order valence-corrected chi connectivity index (χ0v) is 12.7. The van der Waals surface area contributed by atoms with Gasteiger partial charge in [0.25, 0.3) is 0 Å². The summed E-state index contributed by atoms with van der Waals surface area (Å²) in [5, 5.41) is 7.50. The molecule has 2 unspecified atom stereocenters. The first kappa shape index (κ1) is 14.3. The average Bonchev–Trinajstić information content (AvgIpc) is 2.42. The number of anilines is 1. The number of hydrogen-bond acceptors (Lipinski definition) is 1. The van der Waals surface area contributed by atoms with Crippen LogP contribution in [0.2, 0.25) is 0 Å². The number of rotatable bonds is 3. The second kappa shape index (κ2) is 6.90. The minimum atomic E-state index is 0.531. The van der Waals surface area contributed by atoms with Gasteiger partial charge in [0.1, 0.15) is 0 Å². The molecule has 0 heterocycles. The van der Waals surface area contributed by atoms with Crippen molar-refractivity contribution in [3.8, 4) is 0 Å². The normalized spacial score (nSPS) is 22.8. The predicted molar refractivity (Wildman–Crippen MR) is 86.6 cm³/mol. The number of nitrogens with one attached hydrogen (secondary N) is 2. The van der Waals surface area contributed by atoms with E-state index in [4.69, 9.17) is 12.2 Å². The van der Waals surface area contributed by atoms with Gasteiger partial charge in [-0.2, -0.15) is 0 Å². The Morgan fingerprint density at radius 2 is 1.89 bits per heavy atom. The van der Waals surface area contributed by atoms with Crippen LogP contribution in [0.4, 0.5) is 5.69 Å². The predicted octanol–water partition coefficient (Wildman–Crippen LogP) is 4.11. The molecule has 1 fully saturated rings. The van der Waals surface area contributed by atoms with Crippen LogP contribution in [0.5, 0.6) is 0 Å². The van der Waals surface area contributed by atoms with Gasteiger partial charge >= 0.3 is 0 Å². The van der Waals surface area contributed by atoms with Gasteiger partial charge in [-0.1, -0.05) is 38.8 Å². The fraction of sp³-hybridized carbons (Fsp3) is 0.562. The maximum Gasteiger partial charge on any atom is 0.171 e. The fourth-order valence-corrected chi connectivity index (χ4v) is 2.96. The minimum Gasteiger partial charge on any atom is -0.359 e. The molecular weight excluding hydrogens is 252 g/mol. The third kappa shape index (κ3) is 4.20. The molecule has 0 saturated heterocycles. The van der Waals surface area contributed by atoms with E-state index in [1.165, 1.54) is 31.2 Å². The Kier molecular flexibility index (Phi) is 5.20. The van der Waals surface area contributed by atoms with Gasteiger partial charge in [0, 0.05) is 11.7 Å². The monoisotopic (exact) mass is 276 g/mol. The first-order chi connectivity index (χ1) is 9.19. The number of thiocarbonyl (C=S) groups is 1. The summed E-state index contributed by atoms with van der Waals surface area (Å²) in [6, 6.07) is 9.01. The summed E-state index contributed by atoms with van der Waals surface area (Å²) < 4.78 is 0. The minimum absolute atomic E-state index is 0.531. The van der Waals surface area contributed by atoms with Crippen LogP contribution >= 0.6 is 12.2 Å². The Balaban J connectivity index is 1.86. The van der Waals surface area contributed by atoms with Gasteiger partial charge in [-0.25, -0.2) is 0 Å². The zero-order chi connectivity index (χ0) is 13.7. The molecule has 0 radical (unpaired) electrons. The molecule has 3 heteroatoms. The lowest BCUT2D eigenvalue weighted by Crippen LogP contribution is -2.43. The lowest BCUT2D eigenvalue weighted by Gasteiger charge is -2.30. The standard InChI is InChI=1S/C16H24N2S/c1-3-13-8-10-14(11-9-13)17-16(19)18-15-7-5-4-6-12(15)2/h8-12,15H,3-7H2,1-2H3,(H2,17,18,19). The van der Waals surface area contributed by atoms with E-state index in [-0.39, 0.29) is 0 Å². The van der Waals surface area contributed by atoms with Gasteiger partial charge in [-0.05, 0) is 55.1 Å². The Labute approximate surface area is 122 Å². The van der Waals surface area contributed by atoms with Crippen LogP contribution in [0.25, 0.3) is 0 Å². The molecule has 1 aromatic carbocycles. The van der Waals surface area contributed by atoms with E-state index >= 15 is 0 Å². The van der Waals surface area contributed by atoms with Crippen LogP contribution in [-0.2, 0) is 6.42 Å². The summed E-state index contributed by atoms with van der Waals surface area (Å²) in [4.78, 5) is 0. The Morgan fingerprint density at radius 3 is 2.53 bits per heavy atom. The van der Waals surface area contributed by atoms with Crippen LogP contribution in [0.1, 0.15) is 45.1 Å². The van der Waals surface area contributed by atoms with Gasteiger partial charge in [0.2, 0.25) is 0 Å². The summed E-state index contributed by atoms with van der Waals surface area (Å²) in [5.74, 6) is 0.718. The van der Waals surface area contributed by atoms with E-state index in [2.05, 4.69) is 48.7 Å². The van der Waals surface area contributed by atoms with Crippen molar-refractivity contribution >= 4 is 23.0 Å². The fourth-order valence-electron chi connectivity index (χ4n) is 2.69. The molecule has 2 N–H and O–H groups in total. The van der Waals surface area contributed by atoms with Crippen LogP contribution in [-0.4, -0.2) is 11.2 Å². The first-order valence-corrected chi connectivity index (χ1v) is 7.76. The van der Waals surface area contributed by atoms with Crippen molar-refractivity contribution < 1.29 is 0 Å². The van der Waals surface area contributed by atoms with Gasteiger partial charge in [-0.3, -0.25) is 0 Å². The molecule has 0 aliphatic heterocycles. The Morgan fingerprint density at radius 1 is 1.21 bits per heavy atom. The third-order valence-electron chi connectivity index (χ3n) is 4.05. The summed E-state index contributed by atoms with van der Waals surface area (Å²) in [6.07, 6.45) is 6.29. The smallest absolute Gasteiger partial charge is 0.171 e. The second-order valence-corrected chi connectivity index (χ2v) is 5.93. The third-order valence-corrected chi connectivity index (χ3v) is 4.27. The first-order valence-electron chi connectivity index (χ1n) is 7.35. The van der Waals surface area contributed by atoms with Crippen molar-refractivity contribution in [2.75, 3.05) is 5.32 Å². The van der Waals surface area contributed by atoms with E-state index in [1.807, 2.05) is 0 Å². The highest BCUT2D eigenvalue weighted by molar-refractivity contribution is 7.80. The lowest BCUT2D eigenvalue weighted by atomic mass is 9.86. The quantitative estimate of drug-likeness (QED) is 0.812.